The van der Waals surface area contributed by atoms with Gasteiger partial charge in [0.1, 0.15) is 5.82 Å². The number of halogens is 2. The maximum atomic E-state index is 13.3. The quantitative estimate of drug-likeness (QED) is 0.858. The number of hydrogen-bond donors (Lipinski definition) is 1. The fourth-order valence-corrected chi connectivity index (χ4v) is 3.79. The van der Waals surface area contributed by atoms with E-state index in [2.05, 4.69) is 17.4 Å². The van der Waals surface area contributed by atoms with Gasteiger partial charge in [-0.15, -0.1) is 0 Å². The van der Waals surface area contributed by atoms with E-state index in [-0.39, 0.29) is 29.3 Å². The molecule has 1 aliphatic carbocycles. The summed E-state index contributed by atoms with van der Waals surface area (Å²) in [6.45, 7) is 0. The van der Waals surface area contributed by atoms with Gasteiger partial charge in [-0.05, 0) is 42.2 Å². The third-order valence-electron chi connectivity index (χ3n) is 4.80. The Balaban J connectivity index is 1.49. The van der Waals surface area contributed by atoms with Crippen molar-refractivity contribution < 1.29 is 14.0 Å². The first-order chi connectivity index (χ1) is 12.0. The van der Waals surface area contributed by atoms with Crippen molar-refractivity contribution in [2.75, 3.05) is 4.90 Å². The number of carbonyl (C=O) groups is 2. The molecule has 0 saturated carbocycles. The maximum absolute atomic E-state index is 13.3. The second kappa shape index (κ2) is 6.24. The molecule has 1 atom stereocenters. The van der Waals surface area contributed by atoms with Gasteiger partial charge in [-0.1, -0.05) is 35.9 Å². The monoisotopic (exact) mass is 358 g/mol. The molecule has 0 bridgehead atoms. The number of amides is 2. The van der Waals surface area contributed by atoms with Crippen LogP contribution in [0.1, 0.15) is 17.5 Å². The van der Waals surface area contributed by atoms with Crippen LogP contribution in [-0.2, 0) is 22.4 Å². The number of rotatable bonds is 3. The molecule has 0 aromatic heterocycles. The van der Waals surface area contributed by atoms with Gasteiger partial charge in [-0.25, -0.2) is 9.29 Å². The Bertz CT molecular complexity index is 845. The van der Waals surface area contributed by atoms with Gasteiger partial charge in [-0.3, -0.25) is 9.59 Å². The van der Waals surface area contributed by atoms with E-state index < -0.39 is 11.9 Å². The van der Waals surface area contributed by atoms with Gasteiger partial charge >= 0.3 is 0 Å². The first kappa shape index (κ1) is 16.2. The normalized spacial score (nSPS) is 20.4. The number of anilines is 1. The van der Waals surface area contributed by atoms with Crippen molar-refractivity contribution >= 4 is 29.1 Å². The van der Waals surface area contributed by atoms with Crippen molar-refractivity contribution in [2.45, 2.75) is 31.3 Å². The highest BCUT2D eigenvalue weighted by Crippen LogP contribution is 2.28. The molecule has 0 unspecified atom stereocenters. The molecule has 2 aliphatic rings. The lowest BCUT2D eigenvalue weighted by molar-refractivity contribution is -0.121. The van der Waals surface area contributed by atoms with E-state index in [0.717, 1.165) is 23.8 Å². The zero-order valence-electron chi connectivity index (χ0n) is 13.3. The molecule has 2 aromatic rings. The zero-order chi connectivity index (χ0) is 17.6. The summed E-state index contributed by atoms with van der Waals surface area (Å²) >= 11 is 5.77. The summed E-state index contributed by atoms with van der Waals surface area (Å²) in [4.78, 5) is 26.1. The molecule has 25 heavy (non-hydrogen) atoms. The lowest BCUT2D eigenvalue weighted by Gasteiger charge is -2.18. The van der Waals surface area contributed by atoms with Gasteiger partial charge in [0, 0.05) is 6.04 Å². The number of carbonyl (C=O) groups excluding carboxylic acids is 2. The number of nitrogens with one attached hydrogen (secondary N) is 1. The Labute approximate surface area is 149 Å². The summed E-state index contributed by atoms with van der Waals surface area (Å²) in [5.74, 6) is -1.20. The summed E-state index contributed by atoms with van der Waals surface area (Å²) < 4.78 is 13.3. The summed E-state index contributed by atoms with van der Waals surface area (Å²) in [6, 6.07) is 11.6. The average Bonchev–Trinajstić information content (AvgIpc) is 3.11. The van der Waals surface area contributed by atoms with Gasteiger partial charge in [0.25, 0.3) is 5.91 Å². The second-order valence-corrected chi connectivity index (χ2v) is 6.87. The van der Waals surface area contributed by atoms with E-state index in [9.17, 15) is 14.0 Å². The van der Waals surface area contributed by atoms with Crippen LogP contribution in [0, 0.1) is 5.82 Å². The SMILES string of the molecule is O=C1C[C@@H](NC2Cc3ccccc3C2)C(=O)N1c1ccc(F)c(Cl)c1. The molecule has 4 rings (SSSR count). The largest absolute Gasteiger partial charge is 0.302 e. The molecule has 1 fully saturated rings. The molecule has 128 valence electrons. The van der Waals surface area contributed by atoms with E-state index in [1.54, 1.807) is 0 Å². The average molecular weight is 359 g/mol. The Hall–Kier alpha value is -2.24. The van der Waals surface area contributed by atoms with Crippen LogP contribution < -0.4 is 10.2 Å². The summed E-state index contributed by atoms with van der Waals surface area (Å²) in [6.07, 6.45) is 1.79. The number of hydrogen-bond acceptors (Lipinski definition) is 3. The molecule has 1 heterocycles. The van der Waals surface area contributed by atoms with Crippen LogP contribution in [0.15, 0.2) is 42.5 Å². The summed E-state index contributed by atoms with van der Waals surface area (Å²) in [5.41, 5.74) is 2.86. The van der Waals surface area contributed by atoms with Crippen LogP contribution in [0.3, 0.4) is 0 Å². The second-order valence-electron chi connectivity index (χ2n) is 6.46. The van der Waals surface area contributed by atoms with Gasteiger partial charge in [0.05, 0.1) is 23.2 Å². The van der Waals surface area contributed by atoms with Crippen LogP contribution >= 0.6 is 11.6 Å². The molecular weight excluding hydrogens is 343 g/mol. The Morgan fingerprint density at radius 2 is 1.72 bits per heavy atom. The standard InChI is InChI=1S/C19H16ClFN2O2/c20-15-9-14(5-6-16(15)21)23-18(24)10-17(19(23)25)22-13-7-11-3-1-2-4-12(11)8-13/h1-6,9,13,17,22H,7-8,10H2/t17-/m1/s1. The van der Waals surface area contributed by atoms with E-state index in [4.69, 9.17) is 11.6 Å². The maximum Gasteiger partial charge on any atom is 0.251 e. The van der Waals surface area contributed by atoms with Crippen LogP contribution in [0.5, 0.6) is 0 Å². The van der Waals surface area contributed by atoms with Crippen LogP contribution in [0.25, 0.3) is 0 Å². The van der Waals surface area contributed by atoms with E-state index in [0.29, 0.717) is 5.69 Å². The number of benzene rings is 2. The Morgan fingerprint density at radius 3 is 2.36 bits per heavy atom. The highest BCUT2D eigenvalue weighted by atomic mass is 35.5. The predicted octanol–water partition coefficient (Wildman–Crippen LogP) is 2.87. The molecule has 6 heteroatoms. The molecular formula is C19H16ClFN2O2. The first-order valence-electron chi connectivity index (χ1n) is 8.17. The minimum Gasteiger partial charge on any atom is -0.302 e. The van der Waals surface area contributed by atoms with Crippen molar-refractivity contribution in [2.24, 2.45) is 0 Å². The van der Waals surface area contributed by atoms with E-state index >= 15 is 0 Å². The molecule has 1 aliphatic heterocycles. The summed E-state index contributed by atoms with van der Waals surface area (Å²) in [5, 5.41) is 3.20. The van der Waals surface area contributed by atoms with Crippen molar-refractivity contribution in [3.05, 3.63) is 64.4 Å². The highest BCUT2D eigenvalue weighted by Gasteiger charge is 2.41. The lowest BCUT2D eigenvalue weighted by atomic mass is 10.1. The van der Waals surface area contributed by atoms with Crippen molar-refractivity contribution in [1.29, 1.82) is 0 Å². The van der Waals surface area contributed by atoms with Gasteiger partial charge in [0.15, 0.2) is 0 Å². The fraction of sp³-hybridized carbons (Fsp3) is 0.263. The number of nitrogens with zero attached hydrogens (tertiary/aromatic N) is 1. The summed E-state index contributed by atoms with van der Waals surface area (Å²) in [7, 11) is 0. The highest BCUT2D eigenvalue weighted by molar-refractivity contribution is 6.31. The molecule has 2 amide bonds. The van der Waals surface area contributed by atoms with E-state index in [1.165, 1.54) is 23.3 Å². The molecule has 1 saturated heterocycles. The van der Waals surface area contributed by atoms with Gasteiger partial charge in [0.2, 0.25) is 5.91 Å². The molecule has 2 aromatic carbocycles. The first-order valence-corrected chi connectivity index (χ1v) is 8.55. The number of fused-ring (bicyclic) bond motifs is 1. The van der Waals surface area contributed by atoms with Gasteiger partial charge in [-0.2, -0.15) is 0 Å². The van der Waals surface area contributed by atoms with Crippen molar-refractivity contribution in [3.8, 4) is 0 Å². The third-order valence-corrected chi connectivity index (χ3v) is 5.09. The molecule has 4 nitrogen and oxygen atoms in total. The fourth-order valence-electron chi connectivity index (χ4n) is 3.62. The minimum atomic E-state index is -0.581. The predicted molar refractivity (Wildman–Crippen MR) is 93.1 cm³/mol. The number of imide groups is 1. The van der Waals surface area contributed by atoms with E-state index in [1.807, 2.05) is 12.1 Å². The van der Waals surface area contributed by atoms with Crippen molar-refractivity contribution in [1.82, 2.24) is 5.32 Å². The Kier molecular flexibility index (Phi) is 4.06. The molecule has 0 radical (unpaired) electrons. The van der Waals surface area contributed by atoms with Gasteiger partial charge < -0.3 is 5.32 Å². The topological polar surface area (TPSA) is 49.4 Å². The smallest absolute Gasteiger partial charge is 0.251 e. The minimum absolute atomic E-state index is 0.0979. The molecule has 0 spiro atoms. The van der Waals surface area contributed by atoms with Crippen LogP contribution in [-0.4, -0.2) is 23.9 Å². The van der Waals surface area contributed by atoms with Crippen LogP contribution in [0.2, 0.25) is 5.02 Å². The third kappa shape index (κ3) is 2.94. The Morgan fingerprint density at radius 1 is 1.04 bits per heavy atom. The van der Waals surface area contributed by atoms with Crippen molar-refractivity contribution in [3.63, 3.8) is 0 Å². The lowest BCUT2D eigenvalue weighted by Crippen LogP contribution is -2.44. The van der Waals surface area contributed by atoms with Crippen LogP contribution in [0.4, 0.5) is 10.1 Å². The zero-order valence-corrected chi connectivity index (χ0v) is 14.1. The molecule has 1 N–H and O–H groups in total.